The molecule has 1 aromatic carbocycles. The minimum Gasteiger partial charge on any atom is -0.387 e. The third-order valence-corrected chi connectivity index (χ3v) is 12.7. The standard InChI is InChI=1S/C39H50ClN3O7/c1-3-5-27(35(47)33(45)16-23-8-9-23)18-32(44)31-21-38(20-30(42-50-38)26-6-4-7-29(40)17-26)22-43(31)37(48)36(39(49-2)12-13-39)41-34(46)19-28-15-24-10-11-25(28)14-24/h4,6-7,17,23-25,27-28,31,36H,3,5,8-16,18-22H2,1-2H3,(H,41,46)/t24?,25?,27-,28?,31?,36-,38-/m1/s1. The molecular formula is C39H50ClN3O7. The van der Waals surface area contributed by atoms with Crippen molar-refractivity contribution < 1.29 is 33.5 Å². The Balaban J connectivity index is 1.13. The Bertz CT molecular complexity index is 1570. The average Bonchev–Trinajstić information content (AvgIpc) is 3.88. The van der Waals surface area contributed by atoms with E-state index >= 15 is 0 Å². The molecule has 0 radical (unpaired) electrons. The third-order valence-electron chi connectivity index (χ3n) is 12.5. The molecule has 1 saturated heterocycles. The van der Waals surface area contributed by atoms with Crippen LogP contribution in [0.4, 0.5) is 0 Å². The van der Waals surface area contributed by atoms with Gasteiger partial charge in [-0.3, -0.25) is 24.0 Å². The fraction of sp³-hybridized carbons (Fsp3) is 0.692. The number of fused-ring (bicyclic) bond motifs is 2. The van der Waals surface area contributed by atoms with Gasteiger partial charge < -0.3 is 19.8 Å². The summed E-state index contributed by atoms with van der Waals surface area (Å²) < 4.78 is 5.91. The summed E-state index contributed by atoms with van der Waals surface area (Å²) >= 11 is 6.28. The zero-order chi connectivity index (χ0) is 35.2. The van der Waals surface area contributed by atoms with Gasteiger partial charge in [0, 0.05) is 55.7 Å². The SMILES string of the molecule is CCC[C@H](CC(=O)C1C[C@]2(CC(c3cccc(Cl)c3)=NO2)CN1C(=O)[C@@H](NC(=O)CC1CC2CCC1C2)C1(OC)CC1)C(=O)C(=O)CC1CC1. The number of nitrogens with one attached hydrogen (secondary N) is 1. The molecule has 7 rings (SSSR count). The fourth-order valence-corrected chi connectivity index (χ4v) is 9.56. The van der Waals surface area contributed by atoms with Gasteiger partial charge in [-0.05, 0) is 87.2 Å². The minimum absolute atomic E-state index is 0.0847. The van der Waals surface area contributed by atoms with E-state index < -0.39 is 40.8 Å². The Hall–Kier alpha value is -3.11. The van der Waals surface area contributed by atoms with Crippen molar-refractivity contribution in [1.29, 1.82) is 0 Å². The van der Waals surface area contributed by atoms with Gasteiger partial charge in [-0.1, -0.05) is 48.7 Å². The highest BCUT2D eigenvalue weighted by Gasteiger charge is 2.60. The van der Waals surface area contributed by atoms with Gasteiger partial charge in [0.05, 0.1) is 23.9 Å². The molecule has 4 saturated carbocycles. The van der Waals surface area contributed by atoms with Crippen molar-refractivity contribution in [1.82, 2.24) is 10.2 Å². The van der Waals surface area contributed by atoms with Crippen LogP contribution in [-0.4, -0.2) is 76.7 Å². The van der Waals surface area contributed by atoms with Crippen LogP contribution in [0.25, 0.3) is 0 Å². The van der Waals surface area contributed by atoms with Crippen LogP contribution in [0.15, 0.2) is 29.4 Å². The number of ketones is 3. The molecule has 4 aliphatic carbocycles. The average molecular weight is 708 g/mol. The maximum absolute atomic E-state index is 14.8. The molecule has 2 amide bonds. The van der Waals surface area contributed by atoms with E-state index in [0.717, 1.165) is 24.8 Å². The Morgan fingerprint density at radius 3 is 2.54 bits per heavy atom. The number of ether oxygens (including phenoxy) is 1. The van der Waals surface area contributed by atoms with Gasteiger partial charge in [-0.15, -0.1) is 0 Å². The highest BCUT2D eigenvalue weighted by Crippen LogP contribution is 2.50. The zero-order valence-electron chi connectivity index (χ0n) is 29.3. The van der Waals surface area contributed by atoms with E-state index in [2.05, 4.69) is 10.5 Å². The first-order valence-electron chi connectivity index (χ1n) is 18.8. The number of carbonyl (C=O) groups excluding carboxylic acids is 5. The van der Waals surface area contributed by atoms with Gasteiger partial charge in [-0.25, -0.2) is 0 Å². The number of Topliss-reactive ketones (excluding diaryl/α,β-unsaturated/α-hetero) is 3. The van der Waals surface area contributed by atoms with Crippen molar-refractivity contribution in [3.63, 3.8) is 0 Å². The molecule has 1 spiro atoms. The lowest BCUT2D eigenvalue weighted by Gasteiger charge is -2.33. The Kier molecular flexibility index (Phi) is 9.98. The second kappa shape index (κ2) is 14.1. The van der Waals surface area contributed by atoms with Crippen LogP contribution < -0.4 is 5.32 Å². The molecule has 1 aromatic rings. The molecule has 6 aliphatic rings. The van der Waals surface area contributed by atoms with Gasteiger partial charge in [0.2, 0.25) is 17.6 Å². The molecule has 50 heavy (non-hydrogen) atoms. The predicted octanol–water partition coefficient (Wildman–Crippen LogP) is 5.61. The van der Waals surface area contributed by atoms with E-state index in [1.54, 1.807) is 24.1 Å². The number of likely N-dealkylation sites (tertiary alicyclic amines) is 1. The van der Waals surface area contributed by atoms with E-state index in [1.165, 1.54) is 19.3 Å². The van der Waals surface area contributed by atoms with Crippen molar-refractivity contribution in [2.75, 3.05) is 13.7 Å². The second-order valence-electron chi connectivity index (χ2n) is 16.2. The van der Waals surface area contributed by atoms with Gasteiger partial charge in [0.1, 0.15) is 6.04 Å². The normalized spacial score (nSPS) is 30.1. The second-order valence-corrected chi connectivity index (χ2v) is 16.6. The lowest BCUT2D eigenvalue weighted by molar-refractivity contribution is -0.146. The third kappa shape index (κ3) is 7.29. The largest absolute Gasteiger partial charge is 0.387 e. The summed E-state index contributed by atoms with van der Waals surface area (Å²) in [5.41, 5.74) is -0.350. The van der Waals surface area contributed by atoms with Crippen LogP contribution in [0.2, 0.25) is 5.02 Å². The van der Waals surface area contributed by atoms with Crippen molar-refractivity contribution in [2.45, 2.75) is 127 Å². The van der Waals surface area contributed by atoms with Crippen LogP contribution in [0.3, 0.4) is 0 Å². The van der Waals surface area contributed by atoms with Crippen LogP contribution >= 0.6 is 11.6 Å². The van der Waals surface area contributed by atoms with Crippen LogP contribution in [0, 0.1) is 29.6 Å². The quantitative estimate of drug-likeness (QED) is 0.221. The van der Waals surface area contributed by atoms with Crippen LogP contribution in [0.1, 0.15) is 109 Å². The summed E-state index contributed by atoms with van der Waals surface area (Å²) in [5.74, 6) is -0.572. The molecule has 4 unspecified atom stereocenters. The monoisotopic (exact) mass is 707 g/mol. The van der Waals surface area contributed by atoms with Crippen molar-refractivity contribution in [2.24, 2.45) is 34.7 Å². The molecule has 2 heterocycles. The smallest absolute Gasteiger partial charge is 0.248 e. The molecule has 2 aliphatic heterocycles. The summed E-state index contributed by atoms with van der Waals surface area (Å²) in [7, 11) is 1.56. The zero-order valence-corrected chi connectivity index (χ0v) is 30.1. The van der Waals surface area contributed by atoms with E-state index in [0.29, 0.717) is 67.0 Å². The Morgan fingerprint density at radius 1 is 1.10 bits per heavy atom. The number of nitrogens with zero attached hydrogens (tertiary/aromatic N) is 2. The summed E-state index contributed by atoms with van der Waals surface area (Å²) in [6, 6.07) is 5.43. The molecular weight excluding hydrogens is 658 g/mol. The molecule has 270 valence electrons. The highest BCUT2D eigenvalue weighted by molar-refractivity contribution is 6.38. The van der Waals surface area contributed by atoms with Crippen molar-refractivity contribution in [3.05, 3.63) is 34.9 Å². The molecule has 5 fully saturated rings. The summed E-state index contributed by atoms with van der Waals surface area (Å²) in [6.07, 6.45) is 9.88. The van der Waals surface area contributed by atoms with Gasteiger partial charge in [0.15, 0.2) is 17.2 Å². The first-order chi connectivity index (χ1) is 24.0. The number of hydrogen-bond acceptors (Lipinski definition) is 8. The van der Waals surface area contributed by atoms with Crippen molar-refractivity contribution >= 4 is 46.5 Å². The lowest BCUT2D eigenvalue weighted by Crippen LogP contribution is -2.58. The Morgan fingerprint density at radius 2 is 1.90 bits per heavy atom. The van der Waals surface area contributed by atoms with E-state index in [4.69, 9.17) is 21.2 Å². The molecule has 0 aromatic heterocycles. The van der Waals surface area contributed by atoms with E-state index in [1.807, 2.05) is 19.1 Å². The first kappa shape index (κ1) is 35.3. The van der Waals surface area contributed by atoms with Crippen LogP contribution in [-0.2, 0) is 33.5 Å². The van der Waals surface area contributed by atoms with E-state index in [-0.39, 0.29) is 49.3 Å². The predicted molar refractivity (Wildman–Crippen MR) is 186 cm³/mol. The minimum atomic E-state index is -0.971. The molecule has 2 bridgehead atoms. The molecule has 11 heteroatoms. The summed E-state index contributed by atoms with van der Waals surface area (Å²) in [5, 5.41) is 8.05. The summed E-state index contributed by atoms with van der Waals surface area (Å²) in [4.78, 5) is 76.6. The number of methoxy groups -OCH3 is 1. The number of carbonyl (C=O) groups is 5. The molecule has 1 N–H and O–H groups in total. The maximum Gasteiger partial charge on any atom is 0.248 e. The number of oxime groups is 1. The van der Waals surface area contributed by atoms with Gasteiger partial charge in [-0.2, -0.15) is 0 Å². The Labute approximate surface area is 299 Å². The fourth-order valence-electron chi connectivity index (χ4n) is 9.37. The van der Waals surface area contributed by atoms with Crippen molar-refractivity contribution in [3.8, 4) is 0 Å². The number of hydrogen-bond donors (Lipinski definition) is 1. The maximum atomic E-state index is 14.8. The summed E-state index contributed by atoms with van der Waals surface area (Å²) in [6.45, 7) is 2.02. The number of halogens is 1. The highest BCUT2D eigenvalue weighted by atomic mass is 35.5. The number of rotatable bonds is 16. The first-order valence-corrected chi connectivity index (χ1v) is 19.2. The number of amides is 2. The number of benzene rings is 1. The van der Waals surface area contributed by atoms with E-state index in [9.17, 15) is 24.0 Å². The molecule has 10 nitrogen and oxygen atoms in total. The van der Waals surface area contributed by atoms with Crippen LogP contribution in [0.5, 0.6) is 0 Å². The van der Waals surface area contributed by atoms with Gasteiger partial charge in [0.25, 0.3) is 0 Å². The molecule has 7 atom stereocenters. The van der Waals surface area contributed by atoms with Gasteiger partial charge >= 0.3 is 0 Å². The lowest BCUT2D eigenvalue weighted by atomic mass is 9.85. The topological polar surface area (TPSA) is 131 Å².